The van der Waals surface area contributed by atoms with Gasteiger partial charge >= 0.3 is 11.9 Å². The molecule has 4 rings (SSSR count). The largest absolute Gasteiger partial charge is 0.489 e. The molecule has 0 amide bonds. The number of ether oxygens (including phenoxy) is 1. The maximum Gasteiger partial charge on any atom is 0.331 e. The van der Waals surface area contributed by atoms with Crippen LogP contribution in [0.25, 0.3) is 11.3 Å². The minimum atomic E-state index is -1.49. The second-order valence-corrected chi connectivity index (χ2v) is 8.79. The monoisotopic (exact) mass is 472 g/mol. The number of aliphatic carboxylic acids is 2. The molecule has 0 radical (unpaired) electrons. The molecule has 1 aromatic heterocycles. The maximum absolute atomic E-state index is 12.7. The molecule has 7 nitrogen and oxygen atoms in total. The van der Waals surface area contributed by atoms with E-state index in [1.807, 2.05) is 50.2 Å². The third-order valence-corrected chi connectivity index (χ3v) is 6.68. The number of nitrogens with zero attached hydrogens (tertiary/aromatic N) is 1. The average Bonchev–Trinajstić information content (AvgIpc) is 3.38. The van der Waals surface area contributed by atoms with Crippen LogP contribution in [0.4, 0.5) is 0 Å². The Morgan fingerprint density at radius 3 is 2.57 bits per heavy atom. The lowest BCUT2D eigenvalue weighted by atomic mass is 9.69. The molecule has 0 aliphatic heterocycles. The van der Waals surface area contributed by atoms with Crippen molar-refractivity contribution >= 4 is 11.9 Å². The van der Waals surface area contributed by atoms with Crippen molar-refractivity contribution in [3.05, 3.63) is 94.2 Å². The highest BCUT2D eigenvalue weighted by molar-refractivity contribution is 5.94. The molecule has 1 aliphatic carbocycles. The molecule has 0 saturated heterocycles. The summed E-state index contributed by atoms with van der Waals surface area (Å²) in [5.41, 5.74) is 4.29. The van der Waals surface area contributed by atoms with E-state index in [9.17, 15) is 19.8 Å². The Bertz CT molecular complexity index is 1340. The Kier molecular flexibility index (Phi) is 6.60. The van der Waals surface area contributed by atoms with Gasteiger partial charge in [0, 0.05) is 23.8 Å². The first-order valence-electron chi connectivity index (χ1n) is 11.5. The fourth-order valence-corrected chi connectivity index (χ4v) is 4.64. The van der Waals surface area contributed by atoms with Gasteiger partial charge in [0.05, 0.1) is 5.69 Å². The highest BCUT2D eigenvalue weighted by atomic mass is 16.5. The van der Waals surface area contributed by atoms with Gasteiger partial charge in [-0.25, -0.2) is 4.79 Å². The Morgan fingerprint density at radius 1 is 1.14 bits per heavy atom. The third-order valence-electron chi connectivity index (χ3n) is 6.68. The van der Waals surface area contributed by atoms with Gasteiger partial charge in [0.25, 0.3) is 0 Å². The van der Waals surface area contributed by atoms with E-state index in [-0.39, 0.29) is 18.6 Å². The summed E-state index contributed by atoms with van der Waals surface area (Å²) in [6, 6.07) is 13.3. The Morgan fingerprint density at radius 2 is 1.94 bits per heavy atom. The lowest BCUT2D eigenvalue weighted by molar-refractivity contribution is -0.142. The van der Waals surface area contributed by atoms with Crippen LogP contribution in [-0.4, -0.2) is 32.3 Å². The van der Waals surface area contributed by atoms with Gasteiger partial charge in [-0.05, 0) is 72.4 Å². The predicted octanol–water partition coefficient (Wildman–Crippen LogP) is 5.21. The van der Waals surface area contributed by atoms with Gasteiger partial charge in [-0.3, -0.25) is 9.89 Å². The van der Waals surface area contributed by atoms with Crippen LogP contribution >= 0.6 is 0 Å². The third kappa shape index (κ3) is 4.49. The van der Waals surface area contributed by atoms with Crippen molar-refractivity contribution in [1.82, 2.24) is 10.2 Å². The van der Waals surface area contributed by atoms with E-state index in [0.717, 1.165) is 27.9 Å². The minimum absolute atomic E-state index is 0.105. The molecule has 35 heavy (non-hydrogen) atoms. The van der Waals surface area contributed by atoms with E-state index in [4.69, 9.17) is 4.74 Å². The number of carbonyl (C=O) groups is 2. The second-order valence-electron chi connectivity index (χ2n) is 8.79. The van der Waals surface area contributed by atoms with Gasteiger partial charge in [0.1, 0.15) is 17.8 Å². The minimum Gasteiger partial charge on any atom is -0.489 e. The summed E-state index contributed by atoms with van der Waals surface area (Å²) in [5.74, 6) is -1.50. The van der Waals surface area contributed by atoms with Crippen LogP contribution in [0.5, 0.6) is 5.75 Å². The summed E-state index contributed by atoms with van der Waals surface area (Å²) in [6.07, 6.45) is 5.47. The smallest absolute Gasteiger partial charge is 0.331 e. The number of rotatable bonds is 8. The van der Waals surface area contributed by atoms with Crippen molar-refractivity contribution in [2.45, 2.75) is 45.6 Å². The Labute approximate surface area is 203 Å². The van der Waals surface area contributed by atoms with Crippen LogP contribution in [0.15, 0.2) is 72.0 Å². The molecule has 180 valence electrons. The summed E-state index contributed by atoms with van der Waals surface area (Å²) >= 11 is 0. The normalized spacial score (nSPS) is 17.5. The van der Waals surface area contributed by atoms with Gasteiger partial charge in [-0.15, -0.1) is 0 Å². The fourth-order valence-electron chi connectivity index (χ4n) is 4.64. The molecule has 1 heterocycles. The van der Waals surface area contributed by atoms with Crippen molar-refractivity contribution in [1.29, 1.82) is 0 Å². The number of carboxylic acids is 2. The predicted molar refractivity (Wildman–Crippen MR) is 132 cm³/mol. The zero-order valence-electron chi connectivity index (χ0n) is 20.0. The van der Waals surface area contributed by atoms with E-state index < -0.39 is 17.4 Å². The number of aromatic amines is 1. The van der Waals surface area contributed by atoms with Crippen molar-refractivity contribution in [3.8, 4) is 17.0 Å². The molecular weight excluding hydrogens is 444 g/mol. The van der Waals surface area contributed by atoms with Crippen LogP contribution in [0, 0.1) is 6.92 Å². The number of benzene rings is 2. The highest BCUT2D eigenvalue weighted by Gasteiger charge is 2.44. The van der Waals surface area contributed by atoms with Gasteiger partial charge < -0.3 is 14.9 Å². The fraction of sp³-hybridized carbons (Fsp3) is 0.250. The number of aryl methyl sites for hydroxylation is 2. The highest BCUT2D eigenvalue weighted by Crippen LogP contribution is 2.41. The number of hydrogen-bond donors (Lipinski definition) is 3. The van der Waals surface area contributed by atoms with E-state index in [1.165, 1.54) is 0 Å². The van der Waals surface area contributed by atoms with E-state index in [0.29, 0.717) is 23.3 Å². The second kappa shape index (κ2) is 9.62. The van der Waals surface area contributed by atoms with Crippen LogP contribution in [0.3, 0.4) is 0 Å². The summed E-state index contributed by atoms with van der Waals surface area (Å²) < 4.78 is 6.22. The standard InChI is InChI=1S/C28H28N2O5/c1-4-19-6-5-7-23(28(27(33)34)12-10-17(2)21(15-28)26(31)32)22(19)16-35-25-9-8-20(14-18(25)3)24-11-13-29-30-24/h5-14H,4,15-16H2,1-3H3,(H,29,30)(H,31,32)(H,33,34). The molecule has 0 bridgehead atoms. The molecule has 2 aromatic carbocycles. The molecule has 1 atom stereocenters. The van der Waals surface area contributed by atoms with Crippen LogP contribution in [0.1, 0.15) is 42.5 Å². The van der Waals surface area contributed by atoms with E-state index in [1.54, 1.807) is 31.3 Å². The first kappa shape index (κ1) is 24.0. The molecule has 3 aromatic rings. The molecule has 3 N–H and O–H groups in total. The average molecular weight is 473 g/mol. The molecule has 7 heteroatoms. The molecule has 0 spiro atoms. The Hall–Kier alpha value is -4.13. The lowest BCUT2D eigenvalue weighted by Gasteiger charge is -2.33. The maximum atomic E-state index is 12.7. The number of aromatic nitrogens is 2. The molecule has 1 aliphatic rings. The van der Waals surface area contributed by atoms with Crippen molar-refractivity contribution < 1.29 is 24.5 Å². The number of nitrogens with one attached hydrogen (secondary N) is 1. The summed E-state index contributed by atoms with van der Waals surface area (Å²) in [6.45, 7) is 5.81. The quantitative estimate of drug-likeness (QED) is 0.415. The first-order valence-corrected chi connectivity index (χ1v) is 11.5. The van der Waals surface area contributed by atoms with Gasteiger partial charge in [-0.2, -0.15) is 5.10 Å². The number of hydrogen-bond acceptors (Lipinski definition) is 4. The Balaban J connectivity index is 1.71. The van der Waals surface area contributed by atoms with Crippen molar-refractivity contribution in [3.63, 3.8) is 0 Å². The summed E-state index contributed by atoms with van der Waals surface area (Å²) in [7, 11) is 0. The van der Waals surface area contributed by atoms with Crippen LogP contribution in [0.2, 0.25) is 0 Å². The SMILES string of the molecule is CCc1cccc(C2(C(=O)O)C=CC(C)=C(C(=O)O)C2)c1COc1ccc(-c2ccn[nH]2)cc1C. The zero-order chi connectivity index (χ0) is 25.2. The van der Waals surface area contributed by atoms with Crippen molar-refractivity contribution in [2.75, 3.05) is 0 Å². The summed E-state index contributed by atoms with van der Waals surface area (Å²) in [5, 5.41) is 27.0. The van der Waals surface area contributed by atoms with Gasteiger partial charge in [0.15, 0.2) is 0 Å². The lowest BCUT2D eigenvalue weighted by Crippen LogP contribution is -2.38. The molecule has 1 unspecified atom stereocenters. The topological polar surface area (TPSA) is 113 Å². The molecular formula is C28H28N2O5. The first-order chi connectivity index (χ1) is 16.8. The van der Waals surface area contributed by atoms with Gasteiger partial charge in [0.2, 0.25) is 0 Å². The van der Waals surface area contributed by atoms with E-state index >= 15 is 0 Å². The number of H-pyrrole nitrogens is 1. The van der Waals surface area contributed by atoms with E-state index in [2.05, 4.69) is 10.2 Å². The summed E-state index contributed by atoms with van der Waals surface area (Å²) in [4.78, 5) is 24.5. The van der Waals surface area contributed by atoms with Crippen LogP contribution in [-0.2, 0) is 28.0 Å². The zero-order valence-corrected chi connectivity index (χ0v) is 20.0. The van der Waals surface area contributed by atoms with Crippen molar-refractivity contribution in [2.24, 2.45) is 0 Å². The number of carboxylic acid groups (broad SMARTS) is 2. The van der Waals surface area contributed by atoms with Crippen LogP contribution < -0.4 is 4.74 Å². The molecule has 0 saturated carbocycles. The molecule has 0 fully saturated rings. The van der Waals surface area contributed by atoms with Gasteiger partial charge in [-0.1, -0.05) is 37.3 Å². The number of allylic oxidation sites excluding steroid dienone is 2.